The molecule has 108 valence electrons. The smallest absolute Gasteiger partial charge is 0.306 e. The molecular weight excluding hydrogens is 254 g/mol. The Balaban J connectivity index is 1.66. The fraction of sp³-hybridized carbons (Fsp3) is 0.562. The first-order valence-corrected chi connectivity index (χ1v) is 7.35. The Hall–Kier alpha value is -1.55. The summed E-state index contributed by atoms with van der Waals surface area (Å²) in [5.41, 5.74) is 1.83. The molecule has 0 unspecified atom stereocenters. The number of β-amino-alcohol motifs (C(OH)–C–C–N with tert-alkyl or cyclic N) is 1. The standard InChI is InChI=1S/C16H21NO3/c18-15(19)13-5-8-16(20,9-6-13)11-17-10-7-12-3-1-2-4-14(12)17/h1-4,13,20H,5-11H2,(H,18,19). The number of carbonyl (C=O) groups is 1. The van der Waals surface area contributed by atoms with Gasteiger partial charge in [-0.2, -0.15) is 0 Å². The number of para-hydroxylation sites is 1. The molecule has 0 amide bonds. The largest absolute Gasteiger partial charge is 0.481 e. The second-order valence-corrected chi connectivity index (χ2v) is 6.14. The molecule has 1 aliphatic heterocycles. The molecule has 3 rings (SSSR count). The van der Waals surface area contributed by atoms with Gasteiger partial charge in [-0.3, -0.25) is 4.79 Å². The van der Waals surface area contributed by atoms with Crippen molar-refractivity contribution >= 4 is 11.7 Å². The Bertz CT molecular complexity index is 506. The summed E-state index contributed by atoms with van der Waals surface area (Å²) in [4.78, 5) is 13.2. The zero-order valence-electron chi connectivity index (χ0n) is 11.6. The van der Waals surface area contributed by atoms with E-state index in [9.17, 15) is 9.90 Å². The Morgan fingerprint density at radius 1 is 1.30 bits per heavy atom. The number of hydrogen-bond donors (Lipinski definition) is 2. The maximum atomic E-state index is 11.0. The Morgan fingerprint density at radius 3 is 2.70 bits per heavy atom. The topological polar surface area (TPSA) is 60.8 Å². The fourth-order valence-corrected chi connectivity index (χ4v) is 3.49. The number of nitrogens with zero attached hydrogens (tertiary/aromatic N) is 1. The molecule has 4 nitrogen and oxygen atoms in total. The van der Waals surface area contributed by atoms with E-state index in [0.717, 1.165) is 13.0 Å². The molecule has 2 aliphatic rings. The van der Waals surface area contributed by atoms with E-state index in [4.69, 9.17) is 5.11 Å². The zero-order chi connectivity index (χ0) is 14.2. The van der Waals surface area contributed by atoms with E-state index in [1.807, 2.05) is 6.07 Å². The average Bonchev–Trinajstić information content (AvgIpc) is 2.82. The van der Waals surface area contributed by atoms with Crippen LogP contribution in [-0.4, -0.2) is 34.9 Å². The summed E-state index contributed by atoms with van der Waals surface area (Å²) >= 11 is 0. The molecule has 0 spiro atoms. The summed E-state index contributed by atoms with van der Waals surface area (Å²) in [5, 5.41) is 19.8. The molecule has 1 fully saturated rings. The number of fused-ring (bicyclic) bond motifs is 1. The van der Waals surface area contributed by atoms with Crippen molar-refractivity contribution < 1.29 is 15.0 Å². The van der Waals surface area contributed by atoms with E-state index in [0.29, 0.717) is 32.2 Å². The van der Waals surface area contributed by atoms with Crippen molar-refractivity contribution in [2.45, 2.75) is 37.7 Å². The summed E-state index contributed by atoms with van der Waals surface area (Å²) in [6.07, 6.45) is 3.37. The maximum Gasteiger partial charge on any atom is 0.306 e. The Labute approximate surface area is 119 Å². The first-order valence-electron chi connectivity index (χ1n) is 7.35. The van der Waals surface area contributed by atoms with Crippen LogP contribution in [0.25, 0.3) is 0 Å². The normalized spacial score (nSPS) is 29.2. The highest BCUT2D eigenvalue weighted by atomic mass is 16.4. The minimum Gasteiger partial charge on any atom is -0.481 e. The van der Waals surface area contributed by atoms with Gasteiger partial charge in [-0.25, -0.2) is 0 Å². The van der Waals surface area contributed by atoms with Gasteiger partial charge in [0.05, 0.1) is 11.5 Å². The predicted octanol–water partition coefficient (Wildman–Crippen LogP) is 2.05. The maximum absolute atomic E-state index is 11.0. The van der Waals surface area contributed by atoms with Gasteiger partial charge in [-0.05, 0) is 43.7 Å². The van der Waals surface area contributed by atoms with E-state index in [2.05, 4.69) is 23.1 Å². The number of carboxylic acid groups (broad SMARTS) is 1. The lowest BCUT2D eigenvalue weighted by Gasteiger charge is -2.38. The number of hydrogen-bond acceptors (Lipinski definition) is 3. The van der Waals surface area contributed by atoms with Gasteiger partial charge in [0, 0.05) is 18.8 Å². The number of anilines is 1. The lowest BCUT2D eigenvalue weighted by atomic mass is 9.78. The summed E-state index contributed by atoms with van der Waals surface area (Å²) in [6, 6.07) is 8.33. The molecule has 1 heterocycles. The molecule has 0 saturated heterocycles. The number of benzene rings is 1. The van der Waals surface area contributed by atoms with Gasteiger partial charge in [0.25, 0.3) is 0 Å². The van der Waals surface area contributed by atoms with Crippen LogP contribution in [0.2, 0.25) is 0 Å². The average molecular weight is 275 g/mol. The monoisotopic (exact) mass is 275 g/mol. The highest BCUT2D eigenvalue weighted by Gasteiger charge is 2.38. The molecule has 20 heavy (non-hydrogen) atoms. The van der Waals surface area contributed by atoms with Gasteiger partial charge in [-0.15, -0.1) is 0 Å². The van der Waals surface area contributed by atoms with Crippen LogP contribution in [-0.2, 0) is 11.2 Å². The second kappa shape index (κ2) is 5.09. The lowest BCUT2D eigenvalue weighted by Crippen LogP contribution is -2.46. The zero-order valence-corrected chi connectivity index (χ0v) is 11.6. The second-order valence-electron chi connectivity index (χ2n) is 6.14. The van der Waals surface area contributed by atoms with E-state index in [1.54, 1.807) is 0 Å². The third-order valence-corrected chi connectivity index (χ3v) is 4.73. The number of rotatable bonds is 3. The molecule has 0 aromatic heterocycles. The quantitative estimate of drug-likeness (QED) is 0.886. The van der Waals surface area contributed by atoms with Crippen LogP contribution in [0.15, 0.2) is 24.3 Å². The van der Waals surface area contributed by atoms with E-state index in [1.165, 1.54) is 11.3 Å². The van der Waals surface area contributed by atoms with Gasteiger partial charge in [0.15, 0.2) is 0 Å². The molecule has 0 atom stereocenters. The van der Waals surface area contributed by atoms with Crippen molar-refractivity contribution in [1.82, 2.24) is 0 Å². The van der Waals surface area contributed by atoms with Crippen molar-refractivity contribution in [3.63, 3.8) is 0 Å². The SMILES string of the molecule is O=C(O)C1CCC(O)(CN2CCc3ccccc32)CC1. The van der Waals surface area contributed by atoms with Gasteiger partial charge >= 0.3 is 5.97 Å². The minimum atomic E-state index is -0.733. The van der Waals surface area contributed by atoms with Crippen LogP contribution < -0.4 is 4.90 Å². The van der Waals surface area contributed by atoms with E-state index < -0.39 is 11.6 Å². The third-order valence-electron chi connectivity index (χ3n) is 4.73. The molecule has 1 saturated carbocycles. The van der Waals surface area contributed by atoms with Crippen LogP contribution in [0.3, 0.4) is 0 Å². The lowest BCUT2D eigenvalue weighted by molar-refractivity contribution is -0.144. The third kappa shape index (κ3) is 2.52. The first-order chi connectivity index (χ1) is 9.57. The van der Waals surface area contributed by atoms with Crippen LogP contribution in [0.5, 0.6) is 0 Å². The van der Waals surface area contributed by atoms with Gasteiger partial charge in [0.2, 0.25) is 0 Å². The molecule has 0 bridgehead atoms. The van der Waals surface area contributed by atoms with Crippen LogP contribution in [0.1, 0.15) is 31.2 Å². The van der Waals surface area contributed by atoms with Crippen molar-refractivity contribution in [3.05, 3.63) is 29.8 Å². The van der Waals surface area contributed by atoms with Crippen molar-refractivity contribution in [1.29, 1.82) is 0 Å². The van der Waals surface area contributed by atoms with Crippen LogP contribution in [0.4, 0.5) is 5.69 Å². The van der Waals surface area contributed by atoms with Crippen molar-refractivity contribution in [3.8, 4) is 0 Å². The van der Waals surface area contributed by atoms with E-state index >= 15 is 0 Å². The fourth-order valence-electron chi connectivity index (χ4n) is 3.49. The molecule has 1 aliphatic carbocycles. The number of aliphatic hydroxyl groups is 1. The van der Waals surface area contributed by atoms with Crippen LogP contribution >= 0.6 is 0 Å². The van der Waals surface area contributed by atoms with Gasteiger partial charge in [0.1, 0.15) is 0 Å². The highest BCUT2D eigenvalue weighted by Crippen LogP contribution is 2.36. The number of aliphatic carboxylic acids is 1. The predicted molar refractivity (Wildman–Crippen MR) is 76.9 cm³/mol. The van der Waals surface area contributed by atoms with Gasteiger partial charge in [-0.1, -0.05) is 18.2 Å². The highest BCUT2D eigenvalue weighted by molar-refractivity contribution is 5.70. The Morgan fingerprint density at radius 2 is 2.00 bits per heavy atom. The summed E-state index contributed by atoms with van der Waals surface area (Å²) in [5.74, 6) is -1.00. The summed E-state index contributed by atoms with van der Waals surface area (Å²) in [6.45, 7) is 1.57. The molecular formula is C16H21NO3. The Kier molecular flexibility index (Phi) is 3.42. The first kappa shape index (κ1) is 13.4. The van der Waals surface area contributed by atoms with Crippen molar-refractivity contribution in [2.24, 2.45) is 5.92 Å². The summed E-state index contributed by atoms with van der Waals surface area (Å²) < 4.78 is 0. The molecule has 4 heteroatoms. The van der Waals surface area contributed by atoms with E-state index in [-0.39, 0.29) is 5.92 Å². The van der Waals surface area contributed by atoms with Crippen molar-refractivity contribution in [2.75, 3.05) is 18.0 Å². The molecule has 1 aromatic rings. The molecule has 0 radical (unpaired) electrons. The minimum absolute atomic E-state index is 0.277. The molecule has 2 N–H and O–H groups in total. The van der Waals surface area contributed by atoms with Crippen LogP contribution in [0, 0.1) is 5.92 Å². The summed E-state index contributed by atoms with van der Waals surface area (Å²) in [7, 11) is 0. The van der Waals surface area contributed by atoms with Gasteiger partial charge < -0.3 is 15.1 Å². The number of carboxylic acids is 1. The molecule has 1 aromatic carbocycles.